The van der Waals surface area contributed by atoms with Crippen LogP contribution in [0.1, 0.15) is 44.2 Å². The average Bonchev–Trinajstić information content (AvgIpc) is 3.60. The molecule has 2 aromatic heterocycles. The lowest BCUT2D eigenvalue weighted by Crippen LogP contribution is -2.57. The lowest BCUT2D eigenvalue weighted by Gasteiger charge is -2.37. The highest BCUT2D eigenvalue weighted by Gasteiger charge is 2.48. The molecule has 218 valence electrons. The van der Waals surface area contributed by atoms with Gasteiger partial charge in [-0.2, -0.15) is 0 Å². The van der Waals surface area contributed by atoms with Gasteiger partial charge in [0, 0.05) is 32.6 Å². The third kappa shape index (κ3) is 5.37. The lowest BCUT2D eigenvalue weighted by molar-refractivity contribution is -0.154. The van der Waals surface area contributed by atoms with Gasteiger partial charge in [-0.05, 0) is 37.5 Å². The van der Waals surface area contributed by atoms with Gasteiger partial charge in [0.25, 0.3) is 11.8 Å². The highest BCUT2D eigenvalue weighted by molar-refractivity contribution is 5.88. The Bertz CT molecular complexity index is 1420. The fraction of sp³-hybridized carbons (Fsp3) is 0.615. The third-order valence-corrected chi connectivity index (χ3v) is 7.94. The molecule has 6 rings (SSSR count). The van der Waals surface area contributed by atoms with Crippen molar-refractivity contribution in [2.75, 3.05) is 32.4 Å². The normalized spacial score (nSPS) is 28.3. The first-order valence-electron chi connectivity index (χ1n) is 13.7. The number of nitrogen functional groups attached to an aromatic ring is 1. The first kappa shape index (κ1) is 27.2. The number of anilines is 1. The molecule has 5 N–H and O–H groups in total. The van der Waals surface area contributed by atoms with Crippen molar-refractivity contribution in [2.24, 2.45) is 5.92 Å². The molecule has 15 nitrogen and oxygen atoms in total. The summed E-state index contributed by atoms with van der Waals surface area (Å²) < 4.78 is 12.5. The van der Waals surface area contributed by atoms with Gasteiger partial charge in [0.1, 0.15) is 17.7 Å². The Labute approximate surface area is 235 Å². The van der Waals surface area contributed by atoms with E-state index in [0.717, 1.165) is 25.7 Å². The van der Waals surface area contributed by atoms with Crippen LogP contribution in [0.25, 0.3) is 11.2 Å². The summed E-state index contributed by atoms with van der Waals surface area (Å²) in [6.07, 6.45) is -1.15. The molecule has 2 aromatic rings. The molecule has 4 fully saturated rings. The van der Waals surface area contributed by atoms with Gasteiger partial charge in [-0.15, -0.1) is 0 Å². The minimum Gasteiger partial charge on any atom is -0.434 e. The number of piperidine rings is 1. The predicted octanol–water partition coefficient (Wildman–Crippen LogP) is -1.26. The molecular weight excluding hydrogens is 536 g/mol. The minimum absolute atomic E-state index is 0.0766. The molecule has 0 spiro atoms. The van der Waals surface area contributed by atoms with E-state index in [9.17, 15) is 24.6 Å². The topological polar surface area (TPSA) is 198 Å². The predicted molar refractivity (Wildman–Crippen MR) is 141 cm³/mol. The highest BCUT2D eigenvalue weighted by Crippen LogP contribution is 2.33. The molecule has 1 aliphatic carbocycles. The van der Waals surface area contributed by atoms with Gasteiger partial charge in [-0.25, -0.2) is 19.7 Å². The number of β-lactam (4-membered cyclic amide) rings is 1. The number of nitrogens with zero attached hydrogens (tertiary/aromatic N) is 6. The molecule has 41 heavy (non-hydrogen) atoms. The number of likely N-dealkylation sites (N-methyl/N-ethyl adjacent to an activating group) is 1. The van der Waals surface area contributed by atoms with E-state index in [0.29, 0.717) is 26.1 Å². The van der Waals surface area contributed by atoms with Crippen molar-refractivity contribution in [3.8, 4) is 11.8 Å². The van der Waals surface area contributed by atoms with Crippen LogP contribution >= 0.6 is 0 Å². The van der Waals surface area contributed by atoms with Gasteiger partial charge < -0.3 is 40.5 Å². The fourth-order valence-corrected chi connectivity index (χ4v) is 5.23. The second kappa shape index (κ2) is 10.8. The van der Waals surface area contributed by atoms with Crippen molar-refractivity contribution in [1.29, 1.82) is 0 Å². The van der Waals surface area contributed by atoms with Gasteiger partial charge in [0.15, 0.2) is 29.9 Å². The smallest absolute Gasteiger partial charge is 0.410 e. The number of nitrogens with two attached hydrogens (primary N) is 1. The van der Waals surface area contributed by atoms with Crippen molar-refractivity contribution >= 4 is 34.9 Å². The first-order valence-corrected chi connectivity index (χ1v) is 13.7. The SMILES string of the molecule is CN1CC(OC(=O)N2CCC(CC#Cc3nc(N)c4ncn([C@@H]5O[C@H](C(=O)NC6CC6)C(O)[C@@H]5O)c4n3)CC2)C1=O. The van der Waals surface area contributed by atoms with Crippen molar-refractivity contribution in [2.45, 2.75) is 68.8 Å². The monoisotopic (exact) mass is 568 g/mol. The summed E-state index contributed by atoms with van der Waals surface area (Å²) in [5, 5.41) is 23.9. The lowest BCUT2D eigenvalue weighted by atomic mass is 9.94. The van der Waals surface area contributed by atoms with Crippen molar-refractivity contribution in [1.82, 2.24) is 34.6 Å². The summed E-state index contributed by atoms with van der Waals surface area (Å²) in [6, 6.07) is 0.0766. The van der Waals surface area contributed by atoms with E-state index >= 15 is 0 Å². The molecular formula is C26H32N8O7. The van der Waals surface area contributed by atoms with Crippen molar-refractivity contribution < 1.29 is 34.1 Å². The number of aliphatic hydroxyl groups excluding tert-OH is 2. The second-order valence-corrected chi connectivity index (χ2v) is 11.0. The van der Waals surface area contributed by atoms with E-state index in [4.69, 9.17) is 15.2 Å². The number of aliphatic hydroxyl groups is 2. The maximum atomic E-state index is 12.5. The number of fused-ring (bicyclic) bond motifs is 1. The summed E-state index contributed by atoms with van der Waals surface area (Å²) in [4.78, 5) is 52.5. The second-order valence-electron chi connectivity index (χ2n) is 11.0. The molecule has 0 bridgehead atoms. The van der Waals surface area contributed by atoms with Crippen LogP contribution < -0.4 is 11.1 Å². The van der Waals surface area contributed by atoms with Gasteiger partial charge in [-0.1, -0.05) is 5.92 Å². The van der Waals surface area contributed by atoms with E-state index < -0.39 is 42.6 Å². The molecule has 3 saturated heterocycles. The molecule has 3 aliphatic heterocycles. The van der Waals surface area contributed by atoms with E-state index in [-0.39, 0.29) is 40.7 Å². The number of likely N-dealkylation sites (tertiary alicyclic amines) is 2. The zero-order chi connectivity index (χ0) is 28.8. The maximum absolute atomic E-state index is 12.5. The molecule has 5 atom stereocenters. The van der Waals surface area contributed by atoms with Gasteiger partial charge in [-0.3, -0.25) is 14.2 Å². The molecule has 1 saturated carbocycles. The number of hydrogen-bond donors (Lipinski definition) is 4. The molecule has 5 heterocycles. The van der Waals surface area contributed by atoms with Crippen LogP contribution in [0.4, 0.5) is 10.6 Å². The number of ether oxygens (including phenoxy) is 2. The number of hydrogen-bond acceptors (Lipinski definition) is 11. The average molecular weight is 569 g/mol. The highest BCUT2D eigenvalue weighted by atomic mass is 16.6. The summed E-state index contributed by atoms with van der Waals surface area (Å²) in [6.45, 7) is 1.46. The first-order chi connectivity index (χ1) is 19.7. The van der Waals surface area contributed by atoms with Crippen LogP contribution in [0.15, 0.2) is 6.33 Å². The molecule has 2 unspecified atom stereocenters. The molecule has 0 aromatic carbocycles. The van der Waals surface area contributed by atoms with Crippen LogP contribution in [0, 0.1) is 17.8 Å². The number of nitrogens with one attached hydrogen (secondary N) is 1. The molecule has 15 heteroatoms. The largest absolute Gasteiger partial charge is 0.434 e. The number of carbonyl (C=O) groups is 3. The van der Waals surface area contributed by atoms with Gasteiger partial charge in [0.05, 0.1) is 12.9 Å². The summed E-state index contributed by atoms with van der Waals surface area (Å²) in [7, 11) is 1.66. The Morgan fingerprint density at radius 2 is 1.95 bits per heavy atom. The Hall–Kier alpha value is -4.00. The summed E-state index contributed by atoms with van der Waals surface area (Å²) in [5.74, 6) is 5.88. The minimum atomic E-state index is -1.43. The van der Waals surface area contributed by atoms with E-state index in [1.165, 1.54) is 15.8 Å². The number of aromatic nitrogens is 4. The summed E-state index contributed by atoms with van der Waals surface area (Å²) >= 11 is 0. The van der Waals surface area contributed by atoms with Crippen LogP contribution in [-0.4, -0.2) is 115 Å². The van der Waals surface area contributed by atoms with Crippen LogP contribution in [-0.2, 0) is 19.1 Å². The zero-order valence-electron chi connectivity index (χ0n) is 22.5. The Morgan fingerprint density at radius 1 is 1.20 bits per heavy atom. The van der Waals surface area contributed by atoms with E-state index in [1.54, 1.807) is 11.9 Å². The van der Waals surface area contributed by atoms with E-state index in [1.807, 2.05) is 0 Å². The van der Waals surface area contributed by atoms with Crippen LogP contribution in [0.3, 0.4) is 0 Å². The third-order valence-electron chi connectivity index (χ3n) is 7.94. The van der Waals surface area contributed by atoms with Gasteiger partial charge >= 0.3 is 6.09 Å². The number of imidazole rings is 1. The number of amides is 3. The van der Waals surface area contributed by atoms with Crippen molar-refractivity contribution in [3.63, 3.8) is 0 Å². The number of carbonyl (C=O) groups excluding carboxylic acids is 3. The van der Waals surface area contributed by atoms with Crippen molar-refractivity contribution in [3.05, 3.63) is 12.2 Å². The summed E-state index contributed by atoms with van der Waals surface area (Å²) in [5.41, 5.74) is 6.64. The number of rotatable bonds is 5. The zero-order valence-corrected chi connectivity index (χ0v) is 22.5. The fourth-order valence-electron chi connectivity index (χ4n) is 5.23. The Balaban J connectivity index is 1.08. The van der Waals surface area contributed by atoms with E-state index in [2.05, 4.69) is 32.1 Å². The standard InChI is InChI=1S/C26H32N8O7/c1-32-11-15(24(32)38)40-26(39)33-9-7-13(8-10-33)3-2-4-16-30-21(27)17-22(31-16)34(12-28-17)25-19(36)18(35)20(41-25)23(37)29-14-5-6-14/h12-15,18-20,25,35-36H,3,5-11H2,1H3,(H,29,37)(H2,27,30,31)/t15?,18?,19-,20-,25+/m0/s1. The van der Waals surface area contributed by atoms with Crippen LogP contribution in [0.5, 0.6) is 0 Å². The molecule has 0 radical (unpaired) electrons. The van der Waals surface area contributed by atoms with Crippen LogP contribution in [0.2, 0.25) is 0 Å². The molecule has 4 aliphatic rings. The molecule has 3 amide bonds. The Morgan fingerprint density at radius 3 is 2.63 bits per heavy atom. The quantitative estimate of drug-likeness (QED) is 0.248. The van der Waals surface area contributed by atoms with Gasteiger partial charge in [0.2, 0.25) is 5.82 Å². The Kier molecular flexibility index (Phi) is 7.14. The maximum Gasteiger partial charge on any atom is 0.410 e.